The topological polar surface area (TPSA) is 70.5 Å². The van der Waals surface area contributed by atoms with Crippen molar-refractivity contribution >= 4 is 11.8 Å². The molecule has 1 aromatic rings. The molecular weight excluding hydrogens is 318 g/mol. The van der Waals surface area contributed by atoms with Gasteiger partial charge < -0.3 is 10.2 Å². The van der Waals surface area contributed by atoms with Gasteiger partial charge in [-0.2, -0.15) is 5.10 Å². The van der Waals surface area contributed by atoms with E-state index in [-0.39, 0.29) is 17.4 Å². The average Bonchev–Trinajstić information content (AvgIpc) is 2.72. The van der Waals surface area contributed by atoms with Crippen LogP contribution in [-0.2, 0) is 23.1 Å². The molecule has 2 amide bonds. The summed E-state index contributed by atoms with van der Waals surface area (Å²) in [7, 11) is 1.90. The van der Waals surface area contributed by atoms with Crippen LogP contribution >= 0.6 is 0 Å². The molecular formula is C18H31N5O2. The van der Waals surface area contributed by atoms with Gasteiger partial charge in [-0.15, -0.1) is 0 Å². The van der Waals surface area contributed by atoms with Crippen LogP contribution in [0.4, 0.5) is 0 Å². The molecule has 140 valence electrons. The predicted molar refractivity (Wildman–Crippen MR) is 97.3 cm³/mol. The lowest BCUT2D eigenvalue weighted by molar-refractivity contribution is -0.132. The zero-order valence-corrected chi connectivity index (χ0v) is 16.3. The third-order valence-corrected chi connectivity index (χ3v) is 4.59. The van der Waals surface area contributed by atoms with Gasteiger partial charge in [-0.05, 0) is 34.6 Å². The van der Waals surface area contributed by atoms with Gasteiger partial charge in [0.05, 0.1) is 18.7 Å². The summed E-state index contributed by atoms with van der Waals surface area (Å²) in [5, 5.41) is 7.35. The van der Waals surface area contributed by atoms with Gasteiger partial charge >= 0.3 is 0 Å². The highest BCUT2D eigenvalue weighted by molar-refractivity contribution is 5.80. The highest BCUT2D eigenvalue weighted by Gasteiger charge is 2.25. The van der Waals surface area contributed by atoms with Gasteiger partial charge in [0.1, 0.15) is 0 Å². The Kier molecular flexibility index (Phi) is 5.87. The number of piperazine rings is 1. The van der Waals surface area contributed by atoms with Crippen molar-refractivity contribution in [3.05, 3.63) is 17.0 Å². The van der Waals surface area contributed by atoms with Crippen LogP contribution in [0.5, 0.6) is 0 Å². The number of nitrogens with zero attached hydrogens (tertiary/aromatic N) is 4. The molecule has 0 aromatic carbocycles. The summed E-state index contributed by atoms with van der Waals surface area (Å²) in [6.07, 6.45) is 0.399. The highest BCUT2D eigenvalue weighted by atomic mass is 16.2. The number of aromatic nitrogens is 2. The first-order chi connectivity index (χ1) is 11.6. The monoisotopic (exact) mass is 349 g/mol. The molecule has 1 N–H and O–H groups in total. The van der Waals surface area contributed by atoms with Gasteiger partial charge in [0.15, 0.2) is 0 Å². The maximum atomic E-state index is 12.6. The van der Waals surface area contributed by atoms with Gasteiger partial charge in [-0.1, -0.05) is 0 Å². The third-order valence-electron chi connectivity index (χ3n) is 4.59. The smallest absolute Gasteiger partial charge is 0.234 e. The number of nitrogens with one attached hydrogen (secondary N) is 1. The first-order valence-corrected chi connectivity index (χ1v) is 8.87. The molecule has 1 aliphatic rings. The Morgan fingerprint density at radius 2 is 1.72 bits per heavy atom. The lowest BCUT2D eigenvalue weighted by Gasteiger charge is -2.35. The minimum atomic E-state index is -0.214. The van der Waals surface area contributed by atoms with Crippen molar-refractivity contribution < 1.29 is 9.59 Å². The fourth-order valence-corrected chi connectivity index (χ4v) is 3.15. The van der Waals surface area contributed by atoms with Gasteiger partial charge in [0.25, 0.3) is 0 Å². The number of hydrogen-bond donors (Lipinski definition) is 1. The van der Waals surface area contributed by atoms with Gasteiger partial charge in [-0.3, -0.25) is 19.2 Å². The first-order valence-electron chi connectivity index (χ1n) is 8.87. The summed E-state index contributed by atoms with van der Waals surface area (Å²) in [6, 6.07) is 0. The molecule has 25 heavy (non-hydrogen) atoms. The number of aryl methyl sites for hydroxylation is 2. The zero-order valence-electron chi connectivity index (χ0n) is 16.3. The van der Waals surface area contributed by atoms with Crippen molar-refractivity contribution in [1.29, 1.82) is 0 Å². The lowest BCUT2D eigenvalue weighted by Crippen LogP contribution is -2.53. The standard InChI is InChI=1S/C18H31N5O2/c1-13-15(14(2)21(6)20-13)11-17(25)23-9-7-22(8-10-23)12-16(24)19-18(3,4)5/h7-12H2,1-6H3,(H,19,24). The van der Waals surface area contributed by atoms with Crippen LogP contribution in [0, 0.1) is 13.8 Å². The molecule has 1 aliphatic heterocycles. The van der Waals surface area contributed by atoms with Crippen molar-refractivity contribution in [1.82, 2.24) is 24.9 Å². The fourth-order valence-electron chi connectivity index (χ4n) is 3.15. The molecule has 0 bridgehead atoms. The van der Waals surface area contributed by atoms with Crippen LogP contribution in [-0.4, -0.2) is 69.7 Å². The molecule has 0 saturated carbocycles. The molecule has 7 heteroatoms. The SMILES string of the molecule is Cc1nn(C)c(C)c1CC(=O)N1CCN(CC(=O)NC(C)(C)C)CC1. The van der Waals surface area contributed by atoms with E-state index >= 15 is 0 Å². The maximum Gasteiger partial charge on any atom is 0.234 e. The largest absolute Gasteiger partial charge is 0.350 e. The van der Waals surface area contributed by atoms with Crippen molar-refractivity contribution in [2.24, 2.45) is 7.05 Å². The third kappa shape index (κ3) is 5.29. The molecule has 1 saturated heterocycles. The maximum absolute atomic E-state index is 12.6. The molecule has 2 heterocycles. The van der Waals surface area contributed by atoms with E-state index in [1.54, 1.807) is 0 Å². The first kappa shape index (κ1) is 19.4. The number of carbonyl (C=O) groups is 2. The summed E-state index contributed by atoms with van der Waals surface area (Å²) < 4.78 is 1.82. The highest BCUT2D eigenvalue weighted by Crippen LogP contribution is 2.14. The second-order valence-electron chi connectivity index (χ2n) is 7.90. The van der Waals surface area contributed by atoms with E-state index in [0.29, 0.717) is 26.1 Å². The summed E-state index contributed by atoms with van der Waals surface area (Å²) in [6.45, 7) is 13.1. The van der Waals surface area contributed by atoms with Gasteiger partial charge in [-0.25, -0.2) is 0 Å². The lowest BCUT2D eigenvalue weighted by atomic mass is 10.1. The van der Waals surface area contributed by atoms with E-state index in [9.17, 15) is 9.59 Å². The van der Waals surface area contributed by atoms with Gasteiger partial charge in [0.2, 0.25) is 11.8 Å². The van der Waals surface area contributed by atoms with Crippen LogP contribution in [0.1, 0.15) is 37.7 Å². The van der Waals surface area contributed by atoms with Crippen molar-refractivity contribution in [3.8, 4) is 0 Å². The Hall–Kier alpha value is -1.89. The molecule has 0 aliphatic carbocycles. The molecule has 7 nitrogen and oxygen atoms in total. The number of carbonyl (C=O) groups excluding carboxylic acids is 2. The fraction of sp³-hybridized carbons (Fsp3) is 0.722. The van der Waals surface area contributed by atoms with Crippen LogP contribution in [0.3, 0.4) is 0 Å². The Balaban J connectivity index is 1.83. The van der Waals surface area contributed by atoms with Crippen molar-refractivity contribution in [3.63, 3.8) is 0 Å². The molecule has 0 spiro atoms. The molecule has 0 unspecified atom stereocenters. The second kappa shape index (κ2) is 7.56. The summed E-state index contributed by atoms with van der Waals surface area (Å²) in [4.78, 5) is 28.6. The van der Waals surface area contributed by atoms with E-state index in [2.05, 4.69) is 15.3 Å². The quantitative estimate of drug-likeness (QED) is 0.866. The summed E-state index contributed by atoms with van der Waals surface area (Å²) in [5.41, 5.74) is 2.78. The molecule has 0 radical (unpaired) electrons. The molecule has 1 fully saturated rings. The minimum absolute atomic E-state index is 0.0360. The van der Waals surface area contributed by atoms with E-state index in [1.165, 1.54) is 0 Å². The van der Waals surface area contributed by atoms with Crippen LogP contribution in [0.25, 0.3) is 0 Å². The predicted octanol–water partition coefficient (Wildman–Crippen LogP) is 0.638. The number of hydrogen-bond acceptors (Lipinski definition) is 4. The minimum Gasteiger partial charge on any atom is -0.350 e. The molecule has 0 atom stereocenters. The van der Waals surface area contributed by atoms with Crippen molar-refractivity contribution in [2.75, 3.05) is 32.7 Å². The molecule has 1 aromatic heterocycles. The van der Waals surface area contributed by atoms with E-state index in [0.717, 1.165) is 30.0 Å². The molecule has 2 rings (SSSR count). The summed E-state index contributed by atoms with van der Waals surface area (Å²) in [5.74, 6) is 0.173. The number of amides is 2. The Morgan fingerprint density at radius 3 is 2.20 bits per heavy atom. The zero-order chi connectivity index (χ0) is 18.8. The van der Waals surface area contributed by atoms with E-state index < -0.39 is 0 Å². The Morgan fingerprint density at radius 1 is 1.12 bits per heavy atom. The van der Waals surface area contributed by atoms with Crippen LogP contribution in [0.2, 0.25) is 0 Å². The van der Waals surface area contributed by atoms with Crippen LogP contribution < -0.4 is 5.32 Å². The normalized spacial score (nSPS) is 16.2. The van der Waals surface area contributed by atoms with Gasteiger partial charge in [0, 0.05) is 50.0 Å². The Labute approximate surface area is 150 Å². The van der Waals surface area contributed by atoms with E-state index in [4.69, 9.17) is 0 Å². The van der Waals surface area contributed by atoms with E-state index in [1.807, 2.05) is 51.2 Å². The Bertz CT molecular complexity index is 637. The summed E-state index contributed by atoms with van der Waals surface area (Å²) >= 11 is 0. The average molecular weight is 349 g/mol. The number of rotatable bonds is 4. The van der Waals surface area contributed by atoms with Crippen molar-refractivity contribution in [2.45, 2.75) is 46.6 Å². The van der Waals surface area contributed by atoms with Crippen LogP contribution in [0.15, 0.2) is 0 Å². The second-order valence-corrected chi connectivity index (χ2v) is 7.90.